The molecule has 0 saturated carbocycles. The van der Waals surface area contributed by atoms with E-state index in [1.54, 1.807) is 30.3 Å². The number of nitrogens with two attached hydrogens (primary N) is 1. The summed E-state index contributed by atoms with van der Waals surface area (Å²) >= 11 is 0. The largest absolute Gasteiger partial charge is 0.397 e. The Morgan fingerprint density at radius 3 is 2.67 bits per heavy atom. The number of nitrogen functional groups attached to an aromatic ring is 1. The van der Waals surface area contributed by atoms with Crippen LogP contribution in [0.2, 0.25) is 0 Å². The Morgan fingerprint density at radius 2 is 1.97 bits per heavy atom. The van der Waals surface area contributed by atoms with Gasteiger partial charge >= 0.3 is 0 Å². The Balaban J connectivity index is 1.65. The number of hydrogen-bond donors (Lipinski definition) is 4. The highest BCUT2D eigenvalue weighted by atomic mass is 32.2. The second-order valence-corrected chi connectivity index (χ2v) is 9.36. The van der Waals surface area contributed by atoms with Crippen LogP contribution in [0.3, 0.4) is 0 Å². The number of aromatic amines is 1. The lowest BCUT2D eigenvalue weighted by Gasteiger charge is -2.13. The van der Waals surface area contributed by atoms with Gasteiger partial charge in [-0.05, 0) is 51.4 Å². The van der Waals surface area contributed by atoms with Crippen molar-refractivity contribution in [2.75, 3.05) is 43.0 Å². The number of fused-ring (bicyclic) bond motifs is 1. The molecule has 0 amide bonds. The summed E-state index contributed by atoms with van der Waals surface area (Å²) in [6.07, 6.45) is 1.41. The fourth-order valence-corrected chi connectivity index (χ4v) is 4.27. The van der Waals surface area contributed by atoms with Crippen LogP contribution in [0, 0.1) is 6.92 Å². The van der Waals surface area contributed by atoms with E-state index in [1.807, 2.05) is 21.0 Å². The molecule has 0 aliphatic rings. The summed E-state index contributed by atoms with van der Waals surface area (Å²) < 4.78 is 27.6. The van der Waals surface area contributed by atoms with Crippen molar-refractivity contribution >= 4 is 38.2 Å². The summed E-state index contributed by atoms with van der Waals surface area (Å²) in [4.78, 5) is 15.2. The van der Waals surface area contributed by atoms with Gasteiger partial charge in [-0.1, -0.05) is 6.07 Å². The second kappa shape index (κ2) is 9.00. The van der Waals surface area contributed by atoms with Gasteiger partial charge in [0.05, 0.1) is 22.5 Å². The standard InChI is InChI=1S/C21H25N9O2S/c1-13-18-20(24-10-11-30(2)3)25-19(26-21(18)28-27-13)14-7-8-16(15(22)12-14)29-33(31,32)17-6-4-5-9-23-17/h4-9,12,29H,10-11,22H2,1-3H3,(H2,24,25,26,27,28). The van der Waals surface area contributed by atoms with Gasteiger partial charge in [-0.15, -0.1) is 0 Å². The molecule has 0 bridgehead atoms. The van der Waals surface area contributed by atoms with E-state index < -0.39 is 10.0 Å². The van der Waals surface area contributed by atoms with E-state index in [2.05, 4.69) is 40.1 Å². The van der Waals surface area contributed by atoms with Gasteiger partial charge in [-0.3, -0.25) is 9.82 Å². The molecule has 11 nitrogen and oxygen atoms in total. The molecule has 3 aromatic heterocycles. The van der Waals surface area contributed by atoms with Crippen molar-refractivity contribution in [3.8, 4) is 11.4 Å². The molecule has 0 atom stereocenters. The number of anilines is 3. The summed E-state index contributed by atoms with van der Waals surface area (Å²) in [5, 5.41) is 11.3. The zero-order chi connectivity index (χ0) is 23.6. The topological polar surface area (TPSA) is 155 Å². The molecule has 0 aliphatic heterocycles. The minimum Gasteiger partial charge on any atom is -0.397 e. The Bertz CT molecular complexity index is 1390. The lowest BCUT2D eigenvalue weighted by atomic mass is 10.1. The molecule has 0 fully saturated rings. The van der Waals surface area contributed by atoms with Crippen LogP contribution < -0.4 is 15.8 Å². The maximum absolute atomic E-state index is 12.6. The molecule has 4 aromatic rings. The number of benzene rings is 1. The lowest BCUT2D eigenvalue weighted by Crippen LogP contribution is -2.21. The second-order valence-electron chi connectivity index (χ2n) is 7.73. The number of H-pyrrole nitrogens is 1. The normalized spacial score (nSPS) is 11.8. The van der Waals surface area contributed by atoms with Crippen molar-refractivity contribution in [2.45, 2.75) is 11.9 Å². The minimum atomic E-state index is -3.86. The zero-order valence-corrected chi connectivity index (χ0v) is 19.3. The van der Waals surface area contributed by atoms with Gasteiger partial charge in [-0.2, -0.15) is 13.5 Å². The van der Waals surface area contributed by atoms with E-state index in [0.717, 1.165) is 17.6 Å². The van der Waals surface area contributed by atoms with Crippen molar-refractivity contribution in [1.82, 2.24) is 30.0 Å². The van der Waals surface area contributed by atoms with Gasteiger partial charge in [0.1, 0.15) is 5.82 Å². The van der Waals surface area contributed by atoms with Gasteiger partial charge in [0.2, 0.25) is 0 Å². The molecule has 172 valence electrons. The van der Waals surface area contributed by atoms with E-state index in [-0.39, 0.29) is 16.4 Å². The third kappa shape index (κ3) is 4.86. The van der Waals surface area contributed by atoms with Gasteiger partial charge < -0.3 is 16.0 Å². The third-order valence-corrected chi connectivity index (χ3v) is 6.20. The Hall–Kier alpha value is -3.77. The van der Waals surface area contributed by atoms with Crippen molar-refractivity contribution in [3.63, 3.8) is 0 Å². The number of aromatic nitrogens is 5. The van der Waals surface area contributed by atoms with Crippen LogP contribution in [0.15, 0.2) is 47.6 Å². The van der Waals surface area contributed by atoms with Crippen molar-refractivity contribution < 1.29 is 8.42 Å². The Morgan fingerprint density at radius 1 is 1.15 bits per heavy atom. The average Bonchev–Trinajstić information content (AvgIpc) is 3.16. The van der Waals surface area contributed by atoms with Crippen LogP contribution in [0.1, 0.15) is 5.69 Å². The molecule has 0 saturated heterocycles. The highest BCUT2D eigenvalue weighted by Gasteiger charge is 2.18. The van der Waals surface area contributed by atoms with E-state index in [9.17, 15) is 8.42 Å². The number of nitrogens with zero attached hydrogens (tertiary/aromatic N) is 5. The number of aryl methyl sites for hydroxylation is 1. The van der Waals surface area contributed by atoms with Gasteiger partial charge in [0.25, 0.3) is 10.0 Å². The summed E-state index contributed by atoms with van der Waals surface area (Å²) in [7, 11) is 0.133. The molecule has 33 heavy (non-hydrogen) atoms. The summed E-state index contributed by atoms with van der Waals surface area (Å²) in [6.45, 7) is 3.41. The number of nitrogens with one attached hydrogen (secondary N) is 3. The minimum absolute atomic E-state index is 0.0923. The van der Waals surface area contributed by atoms with E-state index in [0.29, 0.717) is 29.4 Å². The smallest absolute Gasteiger partial charge is 0.279 e. The maximum atomic E-state index is 12.6. The van der Waals surface area contributed by atoms with Crippen molar-refractivity contribution in [3.05, 3.63) is 48.3 Å². The van der Waals surface area contributed by atoms with Gasteiger partial charge in [0.15, 0.2) is 16.5 Å². The number of hydrogen-bond acceptors (Lipinski definition) is 9. The first-order valence-electron chi connectivity index (χ1n) is 10.2. The highest BCUT2D eigenvalue weighted by Crippen LogP contribution is 2.30. The van der Waals surface area contributed by atoms with E-state index in [4.69, 9.17) is 5.73 Å². The first kappa shape index (κ1) is 22.4. The number of rotatable bonds is 8. The first-order valence-corrected chi connectivity index (χ1v) is 11.7. The van der Waals surface area contributed by atoms with Crippen molar-refractivity contribution in [1.29, 1.82) is 0 Å². The molecule has 12 heteroatoms. The molecule has 5 N–H and O–H groups in total. The molecule has 0 spiro atoms. The van der Waals surface area contributed by atoms with E-state index in [1.165, 1.54) is 12.3 Å². The fraction of sp³-hybridized carbons (Fsp3) is 0.238. The summed E-state index contributed by atoms with van der Waals surface area (Å²) in [5.74, 6) is 1.10. The maximum Gasteiger partial charge on any atom is 0.279 e. The monoisotopic (exact) mass is 467 g/mol. The Kier molecular flexibility index (Phi) is 6.11. The lowest BCUT2D eigenvalue weighted by molar-refractivity contribution is 0.425. The molecule has 0 radical (unpaired) electrons. The Labute approximate surface area is 191 Å². The fourth-order valence-electron chi connectivity index (χ4n) is 3.23. The van der Waals surface area contributed by atoms with E-state index >= 15 is 0 Å². The molecular weight excluding hydrogens is 442 g/mol. The van der Waals surface area contributed by atoms with Gasteiger partial charge in [-0.25, -0.2) is 15.0 Å². The molecule has 3 heterocycles. The zero-order valence-electron chi connectivity index (χ0n) is 18.5. The molecular formula is C21H25N9O2S. The molecule has 0 aliphatic carbocycles. The highest BCUT2D eigenvalue weighted by molar-refractivity contribution is 7.92. The predicted octanol–water partition coefficient (Wildman–Crippen LogP) is 2.08. The molecule has 1 aromatic carbocycles. The molecule has 0 unspecified atom stereocenters. The summed E-state index contributed by atoms with van der Waals surface area (Å²) in [5.41, 5.74) is 8.68. The van der Waals surface area contributed by atoms with Crippen molar-refractivity contribution in [2.24, 2.45) is 0 Å². The SMILES string of the molecule is Cc1n[nH]c2nc(-c3ccc(NS(=O)(=O)c4ccccn4)c(N)c3)nc(NCCN(C)C)c12. The first-order chi connectivity index (χ1) is 15.7. The number of likely N-dealkylation sites (N-methyl/N-ethyl adjacent to an activating group) is 1. The van der Waals surface area contributed by atoms with Gasteiger partial charge in [0, 0.05) is 24.8 Å². The van der Waals surface area contributed by atoms with Crippen LogP contribution in [0.25, 0.3) is 22.4 Å². The summed E-state index contributed by atoms with van der Waals surface area (Å²) in [6, 6.07) is 9.57. The van der Waals surface area contributed by atoms with Crippen LogP contribution in [0.4, 0.5) is 17.2 Å². The quantitative estimate of drug-likeness (QED) is 0.285. The van der Waals surface area contributed by atoms with Crippen LogP contribution in [-0.4, -0.2) is 65.7 Å². The number of sulfonamides is 1. The van der Waals surface area contributed by atoms with Crippen LogP contribution >= 0.6 is 0 Å². The van der Waals surface area contributed by atoms with Crippen LogP contribution in [-0.2, 0) is 10.0 Å². The number of pyridine rings is 1. The van der Waals surface area contributed by atoms with Crippen LogP contribution in [0.5, 0.6) is 0 Å². The predicted molar refractivity (Wildman–Crippen MR) is 128 cm³/mol. The average molecular weight is 468 g/mol. The molecule has 4 rings (SSSR count). The third-order valence-electron chi connectivity index (χ3n) is 4.92.